The van der Waals surface area contributed by atoms with Crippen LogP contribution in [0.3, 0.4) is 0 Å². The SMILES string of the molecule is Cn1c2c(c3cc(Br)ccc31)CCCC2C(=O)O. The van der Waals surface area contributed by atoms with Crippen LogP contribution in [0.1, 0.15) is 30.0 Å². The Hall–Kier alpha value is -1.29. The van der Waals surface area contributed by atoms with E-state index in [1.54, 1.807) is 0 Å². The summed E-state index contributed by atoms with van der Waals surface area (Å²) in [5, 5.41) is 10.6. The summed E-state index contributed by atoms with van der Waals surface area (Å²) >= 11 is 3.49. The molecule has 0 bridgehead atoms. The predicted octanol–water partition coefficient (Wildman–Crippen LogP) is 3.45. The van der Waals surface area contributed by atoms with Crippen molar-refractivity contribution in [2.45, 2.75) is 25.2 Å². The molecule has 1 aliphatic carbocycles. The molecule has 4 heteroatoms. The van der Waals surface area contributed by atoms with Gasteiger partial charge in [-0.2, -0.15) is 0 Å². The average molecular weight is 308 g/mol. The van der Waals surface area contributed by atoms with Gasteiger partial charge in [-0.15, -0.1) is 0 Å². The normalized spacial score (nSPS) is 18.9. The lowest BCUT2D eigenvalue weighted by Crippen LogP contribution is -2.20. The minimum absolute atomic E-state index is 0.357. The van der Waals surface area contributed by atoms with Crippen LogP contribution in [0.15, 0.2) is 22.7 Å². The lowest BCUT2D eigenvalue weighted by molar-refractivity contribution is -0.139. The Balaban J connectivity index is 2.34. The number of aromatic nitrogens is 1. The van der Waals surface area contributed by atoms with Gasteiger partial charge in [0, 0.05) is 28.1 Å². The highest BCUT2D eigenvalue weighted by molar-refractivity contribution is 9.10. The van der Waals surface area contributed by atoms with Gasteiger partial charge in [0.2, 0.25) is 0 Å². The Labute approximate surface area is 114 Å². The standard InChI is InChI=1S/C14H14BrNO2/c1-16-12-6-5-8(15)7-11(12)9-3-2-4-10(13(9)16)14(17)18/h5-7,10H,2-4H2,1H3,(H,17,18). The Morgan fingerprint density at radius 3 is 3.00 bits per heavy atom. The molecule has 0 radical (unpaired) electrons. The summed E-state index contributed by atoms with van der Waals surface area (Å²) in [6.07, 6.45) is 2.68. The van der Waals surface area contributed by atoms with Crippen molar-refractivity contribution >= 4 is 32.8 Å². The molecule has 1 aliphatic rings. The van der Waals surface area contributed by atoms with E-state index in [1.807, 2.05) is 13.1 Å². The molecule has 94 valence electrons. The maximum atomic E-state index is 11.4. The summed E-state index contributed by atoms with van der Waals surface area (Å²) in [5.41, 5.74) is 3.32. The number of carboxylic acids is 1. The van der Waals surface area contributed by atoms with Crippen LogP contribution in [0.5, 0.6) is 0 Å². The molecule has 0 aliphatic heterocycles. The zero-order valence-corrected chi connectivity index (χ0v) is 11.7. The van der Waals surface area contributed by atoms with E-state index >= 15 is 0 Å². The van der Waals surface area contributed by atoms with Gasteiger partial charge < -0.3 is 9.67 Å². The molecule has 1 heterocycles. The van der Waals surface area contributed by atoms with Crippen molar-refractivity contribution in [3.63, 3.8) is 0 Å². The monoisotopic (exact) mass is 307 g/mol. The van der Waals surface area contributed by atoms with E-state index in [9.17, 15) is 9.90 Å². The molecular weight excluding hydrogens is 294 g/mol. The summed E-state index contributed by atoms with van der Waals surface area (Å²) < 4.78 is 3.09. The fourth-order valence-corrected chi connectivity index (χ4v) is 3.44. The molecule has 3 nitrogen and oxygen atoms in total. The second kappa shape index (κ2) is 4.12. The number of aliphatic carboxylic acids is 1. The van der Waals surface area contributed by atoms with Crippen LogP contribution in [0.2, 0.25) is 0 Å². The molecule has 0 saturated carbocycles. The largest absolute Gasteiger partial charge is 0.481 e. The molecule has 1 aromatic carbocycles. The highest BCUT2D eigenvalue weighted by Gasteiger charge is 2.31. The number of rotatable bonds is 1. The number of fused-ring (bicyclic) bond motifs is 3. The van der Waals surface area contributed by atoms with Crippen molar-refractivity contribution < 1.29 is 9.90 Å². The third-order valence-electron chi connectivity index (χ3n) is 3.86. The Morgan fingerprint density at radius 1 is 1.50 bits per heavy atom. The Morgan fingerprint density at radius 2 is 2.28 bits per heavy atom. The first-order valence-corrected chi connectivity index (χ1v) is 6.88. The number of halogens is 1. The molecule has 2 aromatic rings. The summed E-state index contributed by atoms with van der Waals surface area (Å²) in [6.45, 7) is 0. The lowest BCUT2D eigenvalue weighted by Gasteiger charge is -2.20. The third kappa shape index (κ3) is 1.59. The maximum absolute atomic E-state index is 11.4. The zero-order valence-electron chi connectivity index (χ0n) is 10.1. The number of aryl methyl sites for hydroxylation is 2. The van der Waals surface area contributed by atoms with Crippen LogP contribution in [0.4, 0.5) is 0 Å². The van der Waals surface area contributed by atoms with Gasteiger partial charge >= 0.3 is 5.97 Å². The highest BCUT2D eigenvalue weighted by Crippen LogP contribution is 2.38. The summed E-state index contributed by atoms with van der Waals surface area (Å²) in [6, 6.07) is 6.15. The molecule has 3 rings (SSSR count). The number of carboxylic acid groups (broad SMARTS) is 1. The van der Waals surface area contributed by atoms with Crippen LogP contribution < -0.4 is 0 Å². The van der Waals surface area contributed by atoms with E-state index in [-0.39, 0.29) is 5.92 Å². The first kappa shape index (κ1) is 11.8. The van der Waals surface area contributed by atoms with Crippen molar-refractivity contribution in [3.8, 4) is 0 Å². The maximum Gasteiger partial charge on any atom is 0.312 e. The van der Waals surface area contributed by atoms with Gasteiger partial charge in [-0.25, -0.2) is 0 Å². The number of hydrogen-bond donors (Lipinski definition) is 1. The van der Waals surface area contributed by atoms with Gasteiger partial charge in [0.15, 0.2) is 0 Å². The molecule has 0 fully saturated rings. The van der Waals surface area contributed by atoms with Crippen LogP contribution in [0, 0.1) is 0 Å². The summed E-state index contributed by atoms with van der Waals surface area (Å²) in [7, 11) is 1.97. The summed E-state index contributed by atoms with van der Waals surface area (Å²) in [4.78, 5) is 11.4. The van der Waals surface area contributed by atoms with Crippen molar-refractivity contribution in [2.75, 3.05) is 0 Å². The van der Waals surface area contributed by atoms with Gasteiger partial charge in [-0.3, -0.25) is 4.79 Å². The Bertz CT molecular complexity index is 645. The van der Waals surface area contributed by atoms with E-state index in [0.717, 1.165) is 34.9 Å². The smallest absolute Gasteiger partial charge is 0.312 e. The second-order valence-electron chi connectivity index (χ2n) is 4.87. The van der Waals surface area contributed by atoms with Crippen LogP contribution in [0.25, 0.3) is 10.9 Å². The lowest BCUT2D eigenvalue weighted by atomic mass is 9.87. The molecule has 0 saturated heterocycles. The Kier molecular flexibility index (Phi) is 2.70. The molecule has 0 amide bonds. The second-order valence-corrected chi connectivity index (χ2v) is 5.78. The molecule has 1 atom stereocenters. The topological polar surface area (TPSA) is 42.2 Å². The van der Waals surface area contributed by atoms with E-state index in [4.69, 9.17) is 0 Å². The minimum atomic E-state index is -0.707. The van der Waals surface area contributed by atoms with Gasteiger partial charge in [0.05, 0.1) is 5.92 Å². The van der Waals surface area contributed by atoms with Gasteiger partial charge in [0.25, 0.3) is 0 Å². The summed E-state index contributed by atoms with van der Waals surface area (Å²) in [5.74, 6) is -1.06. The van der Waals surface area contributed by atoms with Gasteiger partial charge in [-0.1, -0.05) is 15.9 Å². The molecule has 1 N–H and O–H groups in total. The van der Waals surface area contributed by atoms with Crippen molar-refractivity contribution in [2.24, 2.45) is 7.05 Å². The average Bonchev–Trinajstić information content (AvgIpc) is 2.63. The fourth-order valence-electron chi connectivity index (χ4n) is 3.08. The first-order valence-electron chi connectivity index (χ1n) is 6.09. The molecular formula is C14H14BrNO2. The van der Waals surface area contributed by atoms with Crippen LogP contribution in [-0.4, -0.2) is 15.6 Å². The van der Waals surface area contributed by atoms with Gasteiger partial charge in [-0.05, 0) is 43.0 Å². The molecule has 18 heavy (non-hydrogen) atoms. The van der Waals surface area contributed by atoms with Crippen molar-refractivity contribution in [1.29, 1.82) is 0 Å². The zero-order chi connectivity index (χ0) is 12.9. The predicted molar refractivity (Wildman–Crippen MR) is 73.9 cm³/mol. The van der Waals surface area contributed by atoms with Crippen molar-refractivity contribution in [3.05, 3.63) is 33.9 Å². The number of nitrogens with zero attached hydrogens (tertiary/aromatic N) is 1. The van der Waals surface area contributed by atoms with E-state index in [0.29, 0.717) is 0 Å². The van der Waals surface area contributed by atoms with E-state index in [2.05, 4.69) is 32.6 Å². The number of carbonyl (C=O) groups is 1. The fraction of sp³-hybridized carbons (Fsp3) is 0.357. The first-order chi connectivity index (χ1) is 8.59. The number of hydrogen-bond acceptors (Lipinski definition) is 1. The van der Waals surface area contributed by atoms with Crippen molar-refractivity contribution in [1.82, 2.24) is 4.57 Å². The highest BCUT2D eigenvalue weighted by atomic mass is 79.9. The van der Waals surface area contributed by atoms with Gasteiger partial charge in [0.1, 0.15) is 0 Å². The van der Waals surface area contributed by atoms with E-state index < -0.39 is 5.97 Å². The quantitative estimate of drug-likeness (QED) is 0.877. The minimum Gasteiger partial charge on any atom is -0.481 e. The molecule has 1 unspecified atom stereocenters. The van der Waals surface area contributed by atoms with Crippen LogP contribution >= 0.6 is 15.9 Å². The van der Waals surface area contributed by atoms with Crippen LogP contribution in [-0.2, 0) is 18.3 Å². The third-order valence-corrected chi connectivity index (χ3v) is 4.36. The number of benzene rings is 1. The van der Waals surface area contributed by atoms with E-state index in [1.165, 1.54) is 10.9 Å². The molecule has 1 aromatic heterocycles. The molecule has 0 spiro atoms.